The average Bonchev–Trinajstić information content (AvgIpc) is 3.17. The summed E-state index contributed by atoms with van der Waals surface area (Å²) in [4.78, 5) is 17.1. The summed E-state index contributed by atoms with van der Waals surface area (Å²) in [5, 5.41) is 7.23. The van der Waals surface area contributed by atoms with Gasteiger partial charge in [0.25, 0.3) is 0 Å². The van der Waals surface area contributed by atoms with Crippen molar-refractivity contribution in [2.75, 3.05) is 45.3 Å². The Morgan fingerprint density at radius 3 is 2.42 bits per heavy atom. The number of morpholine rings is 1. The summed E-state index contributed by atoms with van der Waals surface area (Å²) >= 11 is 0. The minimum absolute atomic E-state index is 0.0536. The molecular weight excluding hydrogens is 439 g/mol. The van der Waals surface area contributed by atoms with Gasteiger partial charge in [-0.25, -0.2) is 23.0 Å². The molecule has 2 aliphatic heterocycles. The molecule has 2 amide bonds. The van der Waals surface area contributed by atoms with Crippen molar-refractivity contribution in [1.82, 2.24) is 15.8 Å². The fourth-order valence-electron chi connectivity index (χ4n) is 3.83. The second kappa shape index (κ2) is 10.1. The van der Waals surface area contributed by atoms with Crippen LogP contribution in [0.5, 0.6) is 5.75 Å². The van der Waals surface area contributed by atoms with Crippen LogP contribution in [-0.4, -0.2) is 62.9 Å². The smallest absolute Gasteiger partial charge is 0.319 e. The van der Waals surface area contributed by atoms with Crippen LogP contribution in [0.3, 0.4) is 0 Å². The number of methoxy groups -OCH3 is 1. The van der Waals surface area contributed by atoms with E-state index in [0.29, 0.717) is 37.8 Å². The molecule has 1 unspecified atom stereocenters. The van der Waals surface area contributed by atoms with E-state index in [0.717, 1.165) is 12.1 Å². The van der Waals surface area contributed by atoms with Gasteiger partial charge in [-0.15, -0.1) is 0 Å². The maximum absolute atomic E-state index is 14.8. The first-order chi connectivity index (χ1) is 15.9. The van der Waals surface area contributed by atoms with Gasteiger partial charge in [0.15, 0.2) is 0 Å². The van der Waals surface area contributed by atoms with E-state index in [1.807, 2.05) is 5.01 Å². The maximum atomic E-state index is 14.8. The second-order valence-electron chi connectivity index (χ2n) is 7.63. The first kappa shape index (κ1) is 22.9. The molecule has 3 N–H and O–H groups in total. The number of aliphatic imine (C=N–C) groups is 1. The zero-order chi connectivity index (χ0) is 23.4. The van der Waals surface area contributed by atoms with Gasteiger partial charge in [0.2, 0.25) is 0 Å². The minimum Gasteiger partial charge on any atom is -0.497 e. The van der Waals surface area contributed by atoms with Gasteiger partial charge in [-0.05, 0) is 24.3 Å². The highest BCUT2D eigenvalue weighted by atomic mass is 19.1. The first-order valence-corrected chi connectivity index (χ1v) is 10.4. The number of anilines is 1. The summed E-state index contributed by atoms with van der Waals surface area (Å²) in [7, 11) is 1.32. The largest absolute Gasteiger partial charge is 0.497 e. The number of amidine groups is 1. The number of amides is 2. The highest BCUT2D eigenvalue weighted by Gasteiger charge is 2.38. The van der Waals surface area contributed by atoms with E-state index in [1.165, 1.54) is 31.4 Å². The van der Waals surface area contributed by atoms with Crippen molar-refractivity contribution < 1.29 is 27.4 Å². The van der Waals surface area contributed by atoms with Gasteiger partial charge in [0.05, 0.1) is 32.9 Å². The normalized spacial score (nSPS) is 20.8. The molecule has 4 rings (SSSR count). The lowest BCUT2D eigenvalue weighted by Gasteiger charge is -2.31. The summed E-state index contributed by atoms with van der Waals surface area (Å²) in [6, 6.07) is 5.97. The number of hydrazine groups is 1. The molecule has 1 fully saturated rings. The van der Waals surface area contributed by atoms with Gasteiger partial charge in [0.1, 0.15) is 29.0 Å². The SMILES string of the molecule is COc1cc(F)c([C@@H]2CN=C(NN3CCOCC3)C2NC(=O)Nc2ccc(F)cc2)c(F)c1. The van der Waals surface area contributed by atoms with Crippen LogP contribution in [0.4, 0.5) is 23.7 Å². The third-order valence-corrected chi connectivity index (χ3v) is 5.49. The fourth-order valence-corrected chi connectivity index (χ4v) is 3.83. The Bertz CT molecular complexity index is 1010. The molecule has 1 saturated heterocycles. The lowest BCUT2D eigenvalue weighted by atomic mass is 9.91. The highest BCUT2D eigenvalue weighted by Crippen LogP contribution is 2.32. The van der Waals surface area contributed by atoms with Gasteiger partial charge in [0, 0.05) is 42.4 Å². The zero-order valence-corrected chi connectivity index (χ0v) is 17.9. The summed E-state index contributed by atoms with van der Waals surface area (Å²) < 4.78 is 53.1. The molecule has 176 valence electrons. The Hall–Kier alpha value is -3.31. The molecule has 2 heterocycles. The number of ether oxygens (including phenoxy) is 2. The Labute approximate surface area is 188 Å². The topological polar surface area (TPSA) is 87.2 Å². The standard InChI is InChI=1S/C22H24F3N5O3/c1-32-15-10-17(24)19(18(25)11-15)16-12-26-21(29-30-6-8-33-9-7-30)20(16)28-22(31)27-14-4-2-13(23)3-5-14/h2-5,10-11,16,20H,6-9,12H2,1H3,(H,26,29)(H2,27,28,31)/t16-,20?/m0/s1. The Balaban J connectivity index is 1.56. The number of carbonyl (C=O) groups is 1. The Morgan fingerprint density at radius 1 is 1.12 bits per heavy atom. The second-order valence-corrected chi connectivity index (χ2v) is 7.63. The van der Waals surface area contributed by atoms with Crippen LogP contribution in [0, 0.1) is 17.5 Å². The zero-order valence-electron chi connectivity index (χ0n) is 17.9. The van der Waals surface area contributed by atoms with Gasteiger partial charge >= 0.3 is 6.03 Å². The number of carbonyl (C=O) groups excluding carboxylic acids is 1. The van der Waals surface area contributed by atoms with E-state index >= 15 is 0 Å². The first-order valence-electron chi connectivity index (χ1n) is 10.4. The van der Waals surface area contributed by atoms with Crippen molar-refractivity contribution in [2.45, 2.75) is 12.0 Å². The molecule has 8 nitrogen and oxygen atoms in total. The van der Waals surface area contributed by atoms with Crippen molar-refractivity contribution in [3.8, 4) is 5.75 Å². The van der Waals surface area contributed by atoms with Crippen LogP contribution in [-0.2, 0) is 4.74 Å². The van der Waals surface area contributed by atoms with Crippen molar-refractivity contribution in [2.24, 2.45) is 4.99 Å². The molecule has 2 aliphatic rings. The molecule has 0 saturated carbocycles. The molecule has 2 aromatic rings. The van der Waals surface area contributed by atoms with Crippen molar-refractivity contribution in [3.63, 3.8) is 0 Å². The number of nitrogens with zero attached hydrogens (tertiary/aromatic N) is 2. The number of benzene rings is 2. The predicted octanol–water partition coefficient (Wildman–Crippen LogP) is 2.64. The van der Waals surface area contributed by atoms with Crippen LogP contribution in [0.25, 0.3) is 0 Å². The molecule has 0 radical (unpaired) electrons. The van der Waals surface area contributed by atoms with E-state index in [1.54, 1.807) is 0 Å². The number of hydrogen-bond acceptors (Lipinski definition) is 6. The van der Waals surface area contributed by atoms with Crippen molar-refractivity contribution >= 4 is 17.6 Å². The Morgan fingerprint density at radius 2 is 1.79 bits per heavy atom. The summed E-state index contributed by atoms with van der Waals surface area (Å²) in [5.74, 6) is -2.37. The Kier molecular flexibility index (Phi) is 6.99. The van der Waals surface area contributed by atoms with Crippen molar-refractivity contribution in [3.05, 3.63) is 59.4 Å². The minimum atomic E-state index is -0.842. The molecular formula is C22H24F3N5O3. The summed E-state index contributed by atoms with van der Waals surface area (Å²) in [6.07, 6.45) is 0. The molecule has 0 spiro atoms. The number of urea groups is 1. The van der Waals surface area contributed by atoms with E-state index < -0.39 is 35.4 Å². The number of nitrogens with one attached hydrogen (secondary N) is 3. The summed E-state index contributed by atoms with van der Waals surface area (Å²) in [6.45, 7) is 2.28. The van der Waals surface area contributed by atoms with Crippen LogP contribution in [0.2, 0.25) is 0 Å². The van der Waals surface area contributed by atoms with Crippen LogP contribution < -0.4 is 20.8 Å². The van der Waals surface area contributed by atoms with Gasteiger partial charge < -0.3 is 25.5 Å². The molecule has 33 heavy (non-hydrogen) atoms. The number of rotatable bonds is 5. The monoisotopic (exact) mass is 463 g/mol. The molecule has 11 heteroatoms. The average molecular weight is 463 g/mol. The quantitative estimate of drug-likeness (QED) is 0.635. The maximum Gasteiger partial charge on any atom is 0.319 e. The van der Waals surface area contributed by atoms with E-state index in [4.69, 9.17) is 9.47 Å². The summed E-state index contributed by atoms with van der Waals surface area (Å²) in [5.41, 5.74) is 3.32. The number of hydrogen-bond donors (Lipinski definition) is 3. The predicted molar refractivity (Wildman–Crippen MR) is 116 cm³/mol. The number of halogens is 3. The van der Waals surface area contributed by atoms with Gasteiger partial charge in [-0.1, -0.05) is 0 Å². The van der Waals surface area contributed by atoms with E-state index in [9.17, 15) is 18.0 Å². The fraction of sp³-hybridized carbons (Fsp3) is 0.364. The lowest BCUT2D eigenvalue weighted by Crippen LogP contribution is -2.55. The third-order valence-electron chi connectivity index (χ3n) is 5.49. The van der Waals surface area contributed by atoms with E-state index in [-0.39, 0.29) is 17.9 Å². The lowest BCUT2D eigenvalue weighted by molar-refractivity contribution is 0.0243. The van der Waals surface area contributed by atoms with Crippen molar-refractivity contribution in [1.29, 1.82) is 0 Å². The van der Waals surface area contributed by atoms with Crippen LogP contribution in [0.1, 0.15) is 11.5 Å². The highest BCUT2D eigenvalue weighted by molar-refractivity contribution is 5.97. The molecule has 0 bridgehead atoms. The third kappa shape index (κ3) is 5.37. The van der Waals surface area contributed by atoms with E-state index in [2.05, 4.69) is 21.1 Å². The van der Waals surface area contributed by atoms with Crippen LogP contribution in [0.15, 0.2) is 41.4 Å². The molecule has 2 atom stereocenters. The van der Waals surface area contributed by atoms with Crippen LogP contribution >= 0.6 is 0 Å². The molecule has 0 aliphatic carbocycles. The van der Waals surface area contributed by atoms with Gasteiger partial charge in [-0.3, -0.25) is 4.99 Å². The molecule has 0 aromatic heterocycles. The van der Waals surface area contributed by atoms with Gasteiger partial charge in [-0.2, -0.15) is 0 Å². The molecule has 2 aromatic carbocycles.